The molecule has 0 radical (unpaired) electrons. The van der Waals surface area contributed by atoms with Crippen molar-refractivity contribution in [3.63, 3.8) is 0 Å². The second-order valence-electron chi connectivity index (χ2n) is 7.89. The molecule has 1 amide bonds. The van der Waals surface area contributed by atoms with Crippen LogP contribution in [0.15, 0.2) is 54.6 Å². The normalized spacial score (nSPS) is 14.1. The Morgan fingerprint density at radius 1 is 0.900 bits per heavy atom. The Hall–Kier alpha value is -3.21. The monoisotopic (exact) mass is 400 g/mol. The highest BCUT2D eigenvalue weighted by Gasteiger charge is 2.23. The predicted molar refractivity (Wildman–Crippen MR) is 121 cm³/mol. The molecule has 3 aromatic rings. The maximum absolute atomic E-state index is 12.8. The van der Waals surface area contributed by atoms with Crippen LogP contribution >= 0.6 is 0 Å². The van der Waals surface area contributed by atoms with Gasteiger partial charge in [0.15, 0.2) is 5.82 Å². The van der Waals surface area contributed by atoms with Crippen molar-refractivity contribution in [2.75, 3.05) is 31.1 Å². The van der Waals surface area contributed by atoms with Gasteiger partial charge in [0.25, 0.3) is 5.91 Å². The van der Waals surface area contributed by atoms with Crippen molar-refractivity contribution in [1.29, 1.82) is 0 Å². The molecule has 154 valence electrons. The van der Waals surface area contributed by atoms with Crippen molar-refractivity contribution in [1.82, 2.24) is 14.9 Å². The Bertz CT molecular complexity index is 1020. The molecule has 1 aliphatic heterocycles. The molecule has 5 nitrogen and oxygen atoms in total. The molecule has 30 heavy (non-hydrogen) atoms. The number of rotatable bonds is 4. The molecule has 1 fully saturated rings. The van der Waals surface area contributed by atoms with E-state index in [1.165, 1.54) is 11.1 Å². The van der Waals surface area contributed by atoms with Crippen LogP contribution in [0.2, 0.25) is 0 Å². The highest BCUT2D eigenvalue weighted by molar-refractivity contribution is 5.94. The first-order valence-electron chi connectivity index (χ1n) is 10.6. The quantitative estimate of drug-likeness (QED) is 0.656. The molecule has 0 saturated carbocycles. The minimum Gasteiger partial charge on any atom is -0.353 e. The number of aryl methyl sites for hydroxylation is 3. The third-order valence-corrected chi connectivity index (χ3v) is 5.65. The summed E-state index contributed by atoms with van der Waals surface area (Å²) in [6.45, 7) is 9.11. The molecule has 0 spiro atoms. The SMILES string of the molecule is CCc1ccc(C(=O)N2CCN(c3cc(C)nc(-c4ccc(C)cc4)n3)CC2)cc1. The molecule has 1 aromatic heterocycles. The first-order chi connectivity index (χ1) is 14.5. The highest BCUT2D eigenvalue weighted by atomic mass is 16.2. The molecule has 2 heterocycles. The van der Waals surface area contributed by atoms with Gasteiger partial charge in [-0.25, -0.2) is 9.97 Å². The van der Waals surface area contributed by atoms with E-state index in [1.807, 2.05) is 42.2 Å². The van der Waals surface area contributed by atoms with Gasteiger partial charge in [0, 0.05) is 49.1 Å². The van der Waals surface area contributed by atoms with E-state index in [4.69, 9.17) is 4.98 Å². The third kappa shape index (κ3) is 4.35. The lowest BCUT2D eigenvalue weighted by Crippen LogP contribution is -2.49. The molecule has 1 saturated heterocycles. The molecule has 0 N–H and O–H groups in total. The van der Waals surface area contributed by atoms with E-state index in [0.717, 1.165) is 48.0 Å². The van der Waals surface area contributed by atoms with Crippen LogP contribution in [-0.2, 0) is 6.42 Å². The number of hydrogen-bond acceptors (Lipinski definition) is 4. The molecule has 0 atom stereocenters. The lowest BCUT2D eigenvalue weighted by atomic mass is 10.1. The van der Waals surface area contributed by atoms with Crippen LogP contribution in [0.4, 0.5) is 5.82 Å². The fourth-order valence-corrected chi connectivity index (χ4v) is 3.75. The summed E-state index contributed by atoms with van der Waals surface area (Å²) in [6, 6.07) is 18.3. The van der Waals surface area contributed by atoms with E-state index in [9.17, 15) is 4.79 Å². The summed E-state index contributed by atoms with van der Waals surface area (Å²) in [5, 5.41) is 0. The fourth-order valence-electron chi connectivity index (χ4n) is 3.75. The maximum atomic E-state index is 12.8. The van der Waals surface area contributed by atoms with Gasteiger partial charge in [0.1, 0.15) is 5.82 Å². The minimum atomic E-state index is 0.108. The molecule has 0 bridgehead atoms. The summed E-state index contributed by atoms with van der Waals surface area (Å²) >= 11 is 0. The number of carbonyl (C=O) groups is 1. The van der Waals surface area contributed by atoms with Crippen LogP contribution in [0.3, 0.4) is 0 Å². The Morgan fingerprint density at radius 3 is 2.20 bits per heavy atom. The van der Waals surface area contributed by atoms with Crippen molar-refractivity contribution in [3.05, 3.63) is 77.0 Å². The molecule has 4 rings (SSSR count). The molecule has 0 aliphatic carbocycles. The largest absolute Gasteiger partial charge is 0.353 e. The summed E-state index contributed by atoms with van der Waals surface area (Å²) in [7, 11) is 0. The van der Waals surface area contributed by atoms with Crippen molar-refractivity contribution in [3.8, 4) is 11.4 Å². The molecule has 2 aromatic carbocycles. The van der Waals surface area contributed by atoms with Crippen LogP contribution in [0.1, 0.15) is 34.1 Å². The van der Waals surface area contributed by atoms with Gasteiger partial charge in [0.2, 0.25) is 0 Å². The minimum absolute atomic E-state index is 0.108. The van der Waals surface area contributed by atoms with Gasteiger partial charge < -0.3 is 9.80 Å². The van der Waals surface area contributed by atoms with E-state index >= 15 is 0 Å². The molecular formula is C25H28N4O. The second-order valence-corrected chi connectivity index (χ2v) is 7.89. The molecule has 0 unspecified atom stereocenters. The smallest absolute Gasteiger partial charge is 0.253 e. The average molecular weight is 401 g/mol. The summed E-state index contributed by atoms with van der Waals surface area (Å²) in [4.78, 5) is 26.5. The van der Waals surface area contributed by atoms with Crippen LogP contribution in [0.5, 0.6) is 0 Å². The molecular weight excluding hydrogens is 372 g/mol. The van der Waals surface area contributed by atoms with Crippen molar-refractivity contribution in [2.45, 2.75) is 27.2 Å². The first-order valence-corrected chi connectivity index (χ1v) is 10.6. The van der Waals surface area contributed by atoms with Gasteiger partial charge in [-0.15, -0.1) is 0 Å². The van der Waals surface area contributed by atoms with E-state index in [2.05, 4.69) is 48.0 Å². The number of hydrogen-bond donors (Lipinski definition) is 0. The summed E-state index contributed by atoms with van der Waals surface area (Å²) in [5.74, 6) is 1.79. The van der Waals surface area contributed by atoms with Gasteiger partial charge in [-0.3, -0.25) is 4.79 Å². The molecule has 1 aliphatic rings. The Balaban J connectivity index is 1.46. The summed E-state index contributed by atoms with van der Waals surface area (Å²) in [6.07, 6.45) is 0.982. The zero-order valence-electron chi connectivity index (χ0n) is 17.9. The Labute approximate surface area is 178 Å². The van der Waals surface area contributed by atoms with Gasteiger partial charge in [0.05, 0.1) is 0 Å². The maximum Gasteiger partial charge on any atom is 0.253 e. The number of anilines is 1. The summed E-state index contributed by atoms with van der Waals surface area (Å²) < 4.78 is 0. The van der Waals surface area contributed by atoms with Crippen LogP contribution in [0.25, 0.3) is 11.4 Å². The number of benzene rings is 2. The molecule has 5 heteroatoms. The Kier molecular flexibility index (Phi) is 5.79. The van der Waals surface area contributed by atoms with Gasteiger partial charge in [-0.05, 0) is 38.0 Å². The number of nitrogens with zero attached hydrogens (tertiary/aromatic N) is 4. The van der Waals surface area contributed by atoms with Crippen molar-refractivity contribution < 1.29 is 4.79 Å². The fraction of sp³-hybridized carbons (Fsp3) is 0.320. The van der Waals surface area contributed by atoms with Gasteiger partial charge in [-0.2, -0.15) is 0 Å². The Morgan fingerprint density at radius 2 is 1.57 bits per heavy atom. The highest BCUT2D eigenvalue weighted by Crippen LogP contribution is 2.22. The van der Waals surface area contributed by atoms with Gasteiger partial charge >= 0.3 is 0 Å². The van der Waals surface area contributed by atoms with E-state index < -0.39 is 0 Å². The predicted octanol–water partition coefficient (Wildman–Crippen LogP) is 4.29. The zero-order valence-corrected chi connectivity index (χ0v) is 17.9. The number of piperazine rings is 1. The number of carbonyl (C=O) groups excluding carboxylic acids is 1. The third-order valence-electron chi connectivity index (χ3n) is 5.65. The van der Waals surface area contributed by atoms with E-state index in [0.29, 0.717) is 13.1 Å². The topological polar surface area (TPSA) is 49.3 Å². The van der Waals surface area contributed by atoms with Crippen molar-refractivity contribution >= 4 is 11.7 Å². The first kappa shape index (κ1) is 20.1. The van der Waals surface area contributed by atoms with E-state index in [1.54, 1.807) is 0 Å². The summed E-state index contributed by atoms with van der Waals surface area (Å²) in [5.41, 5.74) is 5.21. The average Bonchev–Trinajstić information content (AvgIpc) is 2.79. The lowest BCUT2D eigenvalue weighted by Gasteiger charge is -2.35. The van der Waals surface area contributed by atoms with E-state index in [-0.39, 0.29) is 5.91 Å². The number of amides is 1. The van der Waals surface area contributed by atoms with Gasteiger partial charge in [-0.1, -0.05) is 48.9 Å². The van der Waals surface area contributed by atoms with Crippen LogP contribution in [-0.4, -0.2) is 47.0 Å². The zero-order chi connectivity index (χ0) is 21.1. The van der Waals surface area contributed by atoms with Crippen LogP contribution < -0.4 is 4.90 Å². The second kappa shape index (κ2) is 8.66. The van der Waals surface area contributed by atoms with Crippen LogP contribution in [0, 0.1) is 13.8 Å². The van der Waals surface area contributed by atoms with Crippen molar-refractivity contribution in [2.24, 2.45) is 0 Å². The standard InChI is InChI=1S/C25H28N4O/c1-4-20-7-11-22(12-8-20)25(30)29-15-13-28(14-16-29)23-17-19(3)26-24(27-23)21-9-5-18(2)6-10-21/h5-12,17H,4,13-16H2,1-3H3. The number of aromatic nitrogens is 2. The lowest BCUT2D eigenvalue weighted by molar-refractivity contribution is 0.0746.